The first-order valence-corrected chi connectivity index (χ1v) is 7.75. The number of hydrogen-bond acceptors (Lipinski definition) is 4. The topological polar surface area (TPSA) is 60.6 Å². The van der Waals surface area contributed by atoms with E-state index in [1.165, 1.54) is 6.20 Å². The van der Waals surface area contributed by atoms with Crippen LogP contribution in [-0.2, 0) is 14.3 Å². The number of carbonyl (C=O) groups is 2. The normalized spacial score (nSPS) is 21.1. The molecule has 25 heavy (non-hydrogen) atoms. The van der Waals surface area contributed by atoms with Crippen molar-refractivity contribution in [3.63, 3.8) is 0 Å². The molecular formula is C18H13F2N2O3+. The van der Waals surface area contributed by atoms with Crippen LogP contribution in [0.25, 0.3) is 0 Å². The first-order chi connectivity index (χ1) is 12.0. The van der Waals surface area contributed by atoms with E-state index in [0.717, 1.165) is 6.08 Å². The maximum atomic E-state index is 14.3. The molecule has 0 amide bonds. The predicted octanol–water partition coefficient (Wildman–Crippen LogP) is 1.15. The van der Waals surface area contributed by atoms with Crippen molar-refractivity contribution in [2.24, 2.45) is 0 Å². The third-order valence-electron chi connectivity index (χ3n) is 4.30. The number of ether oxygens (including phenoxy) is 1. The fraction of sp³-hybridized carbons (Fsp3) is 0.167. The van der Waals surface area contributed by atoms with Gasteiger partial charge in [0, 0.05) is 17.8 Å². The van der Waals surface area contributed by atoms with E-state index < -0.39 is 29.4 Å². The Morgan fingerprint density at radius 3 is 2.84 bits per heavy atom. The molecule has 2 heterocycles. The number of nitrogens with zero attached hydrogens (tertiary/aromatic N) is 1. The molecule has 7 heteroatoms. The summed E-state index contributed by atoms with van der Waals surface area (Å²) in [6.07, 6.45) is 2.19. The Morgan fingerprint density at radius 2 is 2.08 bits per heavy atom. The monoisotopic (exact) mass is 343 g/mol. The third-order valence-corrected chi connectivity index (χ3v) is 4.30. The number of ketones is 1. The molecule has 4 rings (SSSR count). The molecule has 1 aromatic carbocycles. The minimum Gasteiger partial charge on any atom is -0.462 e. The molecular weight excluding hydrogens is 330 g/mol. The number of carbonyl (C=O) groups excluding carboxylic acids is 2. The molecule has 1 N–H and O–H groups in total. The highest BCUT2D eigenvalue weighted by atomic mass is 19.2. The van der Waals surface area contributed by atoms with Gasteiger partial charge in [0.05, 0.1) is 6.61 Å². The number of para-hydroxylation sites is 2. The molecule has 2 aliphatic heterocycles. The zero-order chi connectivity index (χ0) is 17.7. The van der Waals surface area contributed by atoms with E-state index in [-0.39, 0.29) is 23.5 Å². The Labute approximate surface area is 141 Å². The van der Waals surface area contributed by atoms with E-state index in [2.05, 4.69) is 4.99 Å². The van der Waals surface area contributed by atoms with Crippen LogP contribution in [0.15, 0.2) is 59.3 Å². The van der Waals surface area contributed by atoms with Gasteiger partial charge in [-0.05, 0) is 19.1 Å². The van der Waals surface area contributed by atoms with Gasteiger partial charge in [-0.3, -0.25) is 4.79 Å². The van der Waals surface area contributed by atoms with Gasteiger partial charge in [-0.2, -0.15) is 4.39 Å². The van der Waals surface area contributed by atoms with Crippen molar-refractivity contribution >= 4 is 28.8 Å². The van der Waals surface area contributed by atoms with Crippen LogP contribution in [0.2, 0.25) is 0 Å². The van der Waals surface area contributed by atoms with E-state index in [4.69, 9.17) is 4.74 Å². The molecule has 3 aliphatic rings. The summed E-state index contributed by atoms with van der Waals surface area (Å²) < 4.78 is 33.3. The number of fused-ring (bicyclic) bond motifs is 2. The fourth-order valence-corrected chi connectivity index (χ4v) is 3.23. The van der Waals surface area contributed by atoms with Gasteiger partial charge in [-0.1, -0.05) is 12.1 Å². The number of anilines is 1. The summed E-state index contributed by atoms with van der Waals surface area (Å²) in [6.45, 7) is 1.72. The zero-order valence-electron chi connectivity index (χ0n) is 13.2. The van der Waals surface area contributed by atoms with Crippen molar-refractivity contribution in [3.05, 3.63) is 59.3 Å². The van der Waals surface area contributed by atoms with Gasteiger partial charge < -0.3 is 9.64 Å². The van der Waals surface area contributed by atoms with Crippen LogP contribution < -0.4 is 9.89 Å². The van der Waals surface area contributed by atoms with Gasteiger partial charge in [-0.25, -0.2) is 14.2 Å². The number of Topliss-reactive ketones (excluding diaryl/α,β-unsaturated/α-hetero) is 1. The SMILES string of the molecule is CCOC(=O)C1=CN2c3ccccc3[NH+]=C3C(F)=C(F)C=C(C1=O)C32. The molecule has 0 spiro atoms. The highest BCUT2D eigenvalue weighted by molar-refractivity contribution is 6.29. The van der Waals surface area contributed by atoms with Crippen molar-refractivity contribution in [1.29, 1.82) is 0 Å². The average Bonchev–Trinajstić information content (AvgIpc) is 2.61. The lowest BCUT2D eigenvalue weighted by atomic mass is 9.84. The fourth-order valence-electron chi connectivity index (χ4n) is 3.23. The molecule has 1 atom stereocenters. The van der Waals surface area contributed by atoms with Crippen LogP contribution >= 0.6 is 0 Å². The van der Waals surface area contributed by atoms with Crippen molar-refractivity contribution in [3.8, 4) is 0 Å². The molecule has 1 aliphatic carbocycles. The summed E-state index contributed by atoms with van der Waals surface area (Å²) >= 11 is 0. The molecule has 126 valence electrons. The smallest absolute Gasteiger partial charge is 0.343 e. The number of rotatable bonds is 2. The number of allylic oxidation sites excluding steroid dienone is 2. The lowest BCUT2D eigenvalue weighted by Crippen LogP contribution is -2.75. The second-order valence-electron chi connectivity index (χ2n) is 5.72. The predicted molar refractivity (Wildman–Crippen MR) is 85.4 cm³/mol. The number of nitrogens with one attached hydrogen (secondary N) is 1. The molecule has 1 unspecified atom stereocenters. The summed E-state index contributed by atoms with van der Waals surface area (Å²) in [5.74, 6) is -3.65. The Bertz CT molecular complexity index is 943. The van der Waals surface area contributed by atoms with Crippen LogP contribution in [0.4, 0.5) is 20.2 Å². The average molecular weight is 343 g/mol. The molecule has 0 saturated heterocycles. The van der Waals surface area contributed by atoms with Crippen LogP contribution in [0.1, 0.15) is 6.92 Å². The Kier molecular flexibility index (Phi) is 3.38. The van der Waals surface area contributed by atoms with E-state index in [1.807, 2.05) is 0 Å². The van der Waals surface area contributed by atoms with Crippen LogP contribution in [-0.4, -0.2) is 30.1 Å². The summed E-state index contributed by atoms with van der Waals surface area (Å²) in [5.41, 5.74) is 0.913. The number of hydrogen-bond donors (Lipinski definition) is 1. The van der Waals surface area contributed by atoms with Gasteiger partial charge in [0.15, 0.2) is 11.9 Å². The molecule has 0 bridgehead atoms. The molecule has 0 aromatic heterocycles. The minimum atomic E-state index is -1.15. The largest absolute Gasteiger partial charge is 0.462 e. The lowest BCUT2D eigenvalue weighted by molar-refractivity contribution is -0.357. The Balaban J connectivity index is 1.97. The number of halogens is 2. The van der Waals surface area contributed by atoms with Gasteiger partial charge in [0.1, 0.15) is 11.3 Å². The number of esters is 1. The molecule has 0 saturated carbocycles. The zero-order valence-corrected chi connectivity index (χ0v) is 13.2. The van der Waals surface area contributed by atoms with E-state index >= 15 is 0 Å². The highest BCUT2D eigenvalue weighted by Crippen LogP contribution is 2.38. The quantitative estimate of drug-likeness (QED) is 0.646. The number of benzene rings is 1. The van der Waals surface area contributed by atoms with Crippen LogP contribution in [0.5, 0.6) is 0 Å². The standard InChI is InChI=1S/C18H12F2N2O3/c1-2-25-18(24)10-8-22-13-6-4-3-5-12(13)21-15-14(20)11(19)7-9(16(15)22)17(10)23/h3-8,16H,2H2,1H3/p+1. The summed E-state index contributed by atoms with van der Waals surface area (Å²) in [7, 11) is 0. The third kappa shape index (κ3) is 2.15. The maximum Gasteiger partial charge on any atom is 0.343 e. The van der Waals surface area contributed by atoms with Crippen molar-refractivity contribution < 1.29 is 28.1 Å². The van der Waals surface area contributed by atoms with E-state index in [1.54, 1.807) is 36.1 Å². The van der Waals surface area contributed by atoms with Crippen molar-refractivity contribution in [2.45, 2.75) is 13.0 Å². The van der Waals surface area contributed by atoms with Gasteiger partial charge >= 0.3 is 5.97 Å². The molecule has 0 radical (unpaired) electrons. The Morgan fingerprint density at radius 1 is 1.32 bits per heavy atom. The summed E-state index contributed by atoms with van der Waals surface area (Å²) in [6, 6.07) is 6.14. The molecule has 5 nitrogen and oxygen atoms in total. The first kappa shape index (κ1) is 15.4. The highest BCUT2D eigenvalue weighted by Gasteiger charge is 2.49. The van der Waals surface area contributed by atoms with Crippen molar-refractivity contribution in [2.75, 3.05) is 11.5 Å². The molecule has 0 fully saturated rings. The van der Waals surface area contributed by atoms with E-state index in [0.29, 0.717) is 11.4 Å². The van der Waals surface area contributed by atoms with Crippen LogP contribution in [0.3, 0.4) is 0 Å². The minimum absolute atomic E-state index is 0.0125. The lowest BCUT2D eigenvalue weighted by Gasteiger charge is -2.37. The second-order valence-corrected chi connectivity index (χ2v) is 5.72. The van der Waals surface area contributed by atoms with Crippen LogP contribution in [0, 0.1) is 0 Å². The maximum absolute atomic E-state index is 14.3. The van der Waals surface area contributed by atoms with Gasteiger partial charge in [0.25, 0.3) is 0 Å². The van der Waals surface area contributed by atoms with Crippen molar-refractivity contribution in [1.82, 2.24) is 0 Å². The van der Waals surface area contributed by atoms with Gasteiger partial charge in [0.2, 0.25) is 23.0 Å². The Hall–Kier alpha value is -3.09. The first-order valence-electron chi connectivity index (χ1n) is 7.75. The second kappa shape index (κ2) is 5.47. The van der Waals surface area contributed by atoms with Gasteiger partial charge in [-0.15, -0.1) is 0 Å². The summed E-state index contributed by atoms with van der Waals surface area (Å²) in [5, 5.41) is 0. The van der Waals surface area contributed by atoms with E-state index in [9.17, 15) is 18.4 Å². The summed E-state index contributed by atoms with van der Waals surface area (Å²) in [4.78, 5) is 29.2. The molecule has 1 aromatic rings.